The Morgan fingerprint density at radius 3 is 2.14 bits per heavy atom. The van der Waals surface area contributed by atoms with Crippen LogP contribution in [0.3, 0.4) is 0 Å². The van der Waals surface area contributed by atoms with E-state index in [1.807, 2.05) is 19.3 Å². The number of ether oxygens (including phenoxy) is 1. The number of hydrazine groups is 2. The van der Waals surface area contributed by atoms with Crippen LogP contribution in [0.5, 0.6) is 0 Å². The molecule has 1 atom stereocenters. The zero-order valence-electron chi connectivity index (χ0n) is 13.1. The van der Waals surface area contributed by atoms with Crippen LogP contribution in [0, 0.1) is 5.92 Å². The molecule has 9 nitrogen and oxygen atoms in total. The van der Waals surface area contributed by atoms with E-state index in [9.17, 15) is 14.4 Å². The fourth-order valence-corrected chi connectivity index (χ4v) is 1.39. The van der Waals surface area contributed by atoms with Crippen molar-refractivity contribution in [2.24, 2.45) is 11.8 Å². The number of hydrogen-bond acceptors (Lipinski definition) is 5. The van der Waals surface area contributed by atoms with E-state index in [4.69, 9.17) is 10.6 Å². The van der Waals surface area contributed by atoms with Crippen LogP contribution in [-0.2, 0) is 9.53 Å². The predicted octanol–water partition coefficient (Wildman–Crippen LogP) is 0.130. The maximum atomic E-state index is 11.9. The highest BCUT2D eigenvalue weighted by Gasteiger charge is 2.25. The maximum Gasteiger partial charge on any atom is 0.408 e. The minimum absolute atomic E-state index is 0.152. The van der Waals surface area contributed by atoms with Gasteiger partial charge in [0, 0.05) is 0 Å². The number of hydrogen-bond donors (Lipinski definition) is 5. The molecule has 6 N–H and O–H groups in total. The molecule has 0 aliphatic carbocycles. The third kappa shape index (κ3) is 9.50. The summed E-state index contributed by atoms with van der Waals surface area (Å²) in [5.74, 6) is 4.44. The van der Waals surface area contributed by atoms with E-state index < -0.39 is 29.7 Å². The average molecular weight is 303 g/mol. The van der Waals surface area contributed by atoms with Gasteiger partial charge in [-0.25, -0.2) is 20.9 Å². The molecule has 0 bridgehead atoms. The SMILES string of the molecule is CC(C)CC(NC(=O)OC(C)(C)C)C(=O)NNC(=O)NN. The van der Waals surface area contributed by atoms with Crippen LogP contribution in [-0.4, -0.2) is 29.7 Å². The highest BCUT2D eigenvalue weighted by Crippen LogP contribution is 2.09. The number of carbonyl (C=O) groups excluding carboxylic acids is 3. The Kier molecular flexibility index (Phi) is 7.50. The van der Waals surface area contributed by atoms with Gasteiger partial charge in [-0.2, -0.15) is 0 Å². The standard InChI is InChI=1S/C12H25N5O4/c1-7(2)6-8(9(18)16-17-10(19)15-13)14-11(20)21-12(3,4)5/h7-8H,6,13H2,1-5H3,(H,14,20)(H,16,18)(H2,15,17,19). The van der Waals surface area contributed by atoms with Crippen molar-refractivity contribution in [3.05, 3.63) is 0 Å². The molecule has 0 aromatic rings. The van der Waals surface area contributed by atoms with E-state index >= 15 is 0 Å². The molecule has 9 heteroatoms. The summed E-state index contributed by atoms with van der Waals surface area (Å²) < 4.78 is 5.10. The van der Waals surface area contributed by atoms with Crippen molar-refractivity contribution in [2.75, 3.05) is 0 Å². The van der Waals surface area contributed by atoms with Crippen LogP contribution in [0.2, 0.25) is 0 Å². The largest absolute Gasteiger partial charge is 0.444 e. The summed E-state index contributed by atoms with van der Waals surface area (Å²) in [6, 6.07) is -1.61. The summed E-state index contributed by atoms with van der Waals surface area (Å²) in [5, 5.41) is 2.47. The van der Waals surface area contributed by atoms with Crippen LogP contribution in [0.15, 0.2) is 0 Å². The van der Waals surface area contributed by atoms with Crippen LogP contribution in [0.1, 0.15) is 41.0 Å². The fraction of sp³-hybridized carbons (Fsp3) is 0.750. The first-order valence-electron chi connectivity index (χ1n) is 6.61. The second kappa shape index (κ2) is 8.30. The van der Waals surface area contributed by atoms with E-state index in [1.54, 1.807) is 26.2 Å². The number of rotatable bonds is 4. The lowest BCUT2D eigenvalue weighted by Gasteiger charge is -2.24. The van der Waals surface area contributed by atoms with Gasteiger partial charge in [-0.3, -0.25) is 15.6 Å². The minimum atomic E-state index is -0.835. The summed E-state index contributed by atoms with van der Waals surface area (Å²) in [4.78, 5) is 34.5. The quantitative estimate of drug-likeness (QED) is 0.286. The number of alkyl carbamates (subject to hydrolysis) is 1. The third-order valence-corrected chi connectivity index (χ3v) is 2.14. The topological polar surface area (TPSA) is 135 Å². The van der Waals surface area contributed by atoms with Crippen molar-refractivity contribution < 1.29 is 19.1 Å². The first-order chi connectivity index (χ1) is 9.55. The fourth-order valence-electron chi connectivity index (χ4n) is 1.39. The lowest BCUT2D eigenvalue weighted by atomic mass is 10.0. The first kappa shape index (κ1) is 19.0. The zero-order valence-corrected chi connectivity index (χ0v) is 13.1. The lowest BCUT2D eigenvalue weighted by Crippen LogP contribution is -2.55. The third-order valence-electron chi connectivity index (χ3n) is 2.14. The molecule has 0 aromatic carbocycles. The van der Waals surface area contributed by atoms with Crippen molar-refractivity contribution in [3.63, 3.8) is 0 Å². The van der Waals surface area contributed by atoms with Gasteiger partial charge in [-0.1, -0.05) is 13.8 Å². The molecule has 0 aliphatic rings. The van der Waals surface area contributed by atoms with Gasteiger partial charge in [0.05, 0.1) is 0 Å². The number of carbonyl (C=O) groups is 3. The van der Waals surface area contributed by atoms with E-state index in [-0.39, 0.29) is 5.92 Å². The highest BCUT2D eigenvalue weighted by atomic mass is 16.6. The maximum absolute atomic E-state index is 11.9. The van der Waals surface area contributed by atoms with Gasteiger partial charge < -0.3 is 10.1 Å². The van der Waals surface area contributed by atoms with Crippen molar-refractivity contribution in [1.82, 2.24) is 21.6 Å². The molecule has 21 heavy (non-hydrogen) atoms. The molecule has 0 spiro atoms. The second-order valence-corrected chi connectivity index (χ2v) is 5.92. The molecule has 0 saturated carbocycles. The summed E-state index contributed by atoms with van der Waals surface area (Å²) in [6.45, 7) is 8.96. The monoisotopic (exact) mass is 303 g/mol. The van der Waals surface area contributed by atoms with Gasteiger partial charge in [0.15, 0.2) is 0 Å². The summed E-state index contributed by atoms with van der Waals surface area (Å²) in [5.41, 5.74) is 5.33. The molecule has 0 fully saturated rings. The summed E-state index contributed by atoms with van der Waals surface area (Å²) in [7, 11) is 0. The lowest BCUT2D eigenvalue weighted by molar-refractivity contribution is -0.124. The van der Waals surface area contributed by atoms with E-state index in [2.05, 4.69) is 10.7 Å². The molecular weight excluding hydrogens is 278 g/mol. The van der Waals surface area contributed by atoms with Crippen molar-refractivity contribution in [1.29, 1.82) is 0 Å². The Morgan fingerprint density at radius 1 is 1.14 bits per heavy atom. The van der Waals surface area contributed by atoms with Crippen LogP contribution in [0.25, 0.3) is 0 Å². The molecule has 0 aliphatic heterocycles. The molecule has 0 radical (unpaired) electrons. The Hall–Kier alpha value is -2.03. The van der Waals surface area contributed by atoms with Gasteiger partial charge in [0.25, 0.3) is 5.91 Å². The molecule has 0 saturated heterocycles. The summed E-state index contributed by atoms with van der Waals surface area (Å²) in [6.07, 6.45) is -0.316. The van der Waals surface area contributed by atoms with Gasteiger partial charge in [-0.15, -0.1) is 0 Å². The number of nitrogens with one attached hydrogen (secondary N) is 4. The molecule has 4 amide bonds. The molecule has 0 aromatic heterocycles. The summed E-state index contributed by atoms with van der Waals surface area (Å²) >= 11 is 0. The number of urea groups is 1. The van der Waals surface area contributed by atoms with E-state index in [1.165, 1.54) is 0 Å². The smallest absolute Gasteiger partial charge is 0.408 e. The Morgan fingerprint density at radius 2 is 1.71 bits per heavy atom. The van der Waals surface area contributed by atoms with Crippen molar-refractivity contribution in [2.45, 2.75) is 52.7 Å². The van der Waals surface area contributed by atoms with Crippen molar-refractivity contribution in [3.8, 4) is 0 Å². The first-order valence-corrected chi connectivity index (χ1v) is 6.61. The molecular formula is C12H25N5O4. The van der Waals surface area contributed by atoms with Gasteiger partial charge in [-0.05, 0) is 33.1 Å². The predicted molar refractivity (Wildman–Crippen MR) is 76.6 cm³/mol. The normalized spacial score (nSPS) is 12.3. The van der Waals surface area contributed by atoms with Crippen LogP contribution < -0.4 is 27.4 Å². The highest BCUT2D eigenvalue weighted by molar-refractivity contribution is 5.87. The number of nitrogens with two attached hydrogens (primary N) is 1. The van der Waals surface area contributed by atoms with Gasteiger partial charge >= 0.3 is 12.1 Å². The van der Waals surface area contributed by atoms with Gasteiger partial charge in [0.1, 0.15) is 11.6 Å². The second-order valence-electron chi connectivity index (χ2n) is 5.92. The van der Waals surface area contributed by atoms with Crippen molar-refractivity contribution >= 4 is 18.0 Å². The molecule has 0 rings (SSSR count). The van der Waals surface area contributed by atoms with Crippen LogP contribution >= 0.6 is 0 Å². The zero-order chi connectivity index (χ0) is 16.6. The van der Waals surface area contributed by atoms with E-state index in [0.29, 0.717) is 6.42 Å². The van der Waals surface area contributed by atoms with E-state index in [0.717, 1.165) is 0 Å². The molecule has 0 heterocycles. The molecule has 122 valence electrons. The molecule has 1 unspecified atom stereocenters. The Labute approximate surface area is 124 Å². The number of amides is 4. The Bertz CT molecular complexity index is 378. The van der Waals surface area contributed by atoms with Crippen LogP contribution in [0.4, 0.5) is 9.59 Å². The minimum Gasteiger partial charge on any atom is -0.444 e. The van der Waals surface area contributed by atoms with Gasteiger partial charge in [0.2, 0.25) is 0 Å². The Balaban J connectivity index is 4.60. The average Bonchev–Trinajstić information content (AvgIpc) is 2.31.